The number of unbranched alkanes of at least 4 members (excludes halogenated alkanes) is 3. The minimum Gasteiger partial charge on any atom is -0.545 e. The van der Waals surface area contributed by atoms with E-state index in [0.717, 1.165) is 56.9 Å². The summed E-state index contributed by atoms with van der Waals surface area (Å²) in [5.74, 6) is -5.32. The van der Waals surface area contributed by atoms with Crippen LogP contribution in [0.25, 0.3) is 11.1 Å². The van der Waals surface area contributed by atoms with Gasteiger partial charge < -0.3 is 19.4 Å². The van der Waals surface area contributed by atoms with Crippen molar-refractivity contribution in [3.05, 3.63) is 53.3 Å². The van der Waals surface area contributed by atoms with Gasteiger partial charge in [0.15, 0.2) is 17.5 Å². The molecule has 3 rings (SSSR count). The Morgan fingerprint density at radius 3 is 2.42 bits per heavy atom. The first-order valence-electron chi connectivity index (χ1n) is 11.6. The lowest BCUT2D eigenvalue weighted by Gasteiger charge is -2.29. The Hall–Kier alpha value is -2.54. The molecule has 0 unspecified atom stereocenters. The van der Waals surface area contributed by atoms with Crippen LogP contribution in [0.4, 0.5) is 13.2 Å². The maximum Gasteiger partial charge on any atom is 0.195 e. The average molecular weight is 464 g/mol. The minimum absolute atomic E-state index is 0.0391. The number of benzene rings is 2. The molecule has 0 radical (unpaired) electrons. The van der Waals surface area contributed by atoms with Crippen LogP contribution in [0.5, 0.6) is 5.75 Å². The Balaban J connectivity index is 1.63. The molecule has 180 valence electrons. The number of carbonyl (C=O) groups excluding carboxylic acids is 1. The first-order chi connectivity index (χ1) is 15.9. The Labute approximate surface area is 192 Å². The van der Waals surface area contributed by atoms with Crippen molar-refractivity contribution < 1.29 is 32.5 Å². The highest BCUT2D eigenvalue weighted by Crippen LogP contribution is 2.35. The fourth-order valence-corrected chi connectivity index (χ4v) is 4.18. The van der Waals surface area contributed by atoms with Crippen molar-refractivity contribution in [3.63, 3.8) is 0 Å². The molecule has 0 spiro atoms. The van der Waals surface area contributed by atoms with E-state index in [9.17, 15) is 23.1 Å². The van der Waals surface area contributed by atoms with Crippen molar-refractivity contribution in [1.29, 1.82) is 0 Å². The zero-order valence-electron chi connectivity index (χ0n) is 18.9. The van der Waals surface area contributed by atoms with Crippen LogP contribution in [-0.4, -0.2) is 25.3 Å². The largest absolute Gasteiger partial charge is 0.545 e. The summed E-state index contributed by atoms with van der Waals surface area (Å²) in [5.41, 5.74) is -0.442. The summed E-state index contributed by atoms with van der Waals surface area (Å²) in [6, 6.07) is 5.70. The number of hydrogen-bond donors (Lipinski definition) is 0. The molecule has 1 saturated carbocycles. The normalized spacial score (nSPS) is 18.3. The van der Waals surface area contributed by atoms with Crippen LogP contribution in [0.15, 0.2) is 30.3 Å². The Morgan fingerprint density at radius 1 is 0.970 bits per heavy atom. The van der Waals surface area contributed by atoms with Gasteiger partial charge in [-0.05, 0) is 73.9 Å². The van der Waals surface area contributed by atoms with E-state index in [1.54, 1.807) is 0 Å². The molecule has 0 bridgehead atoms. The molecule has 0 N–H and O–H groups in total. The summed E-state index contributed by atoms with van der Waals surface area (Å²) < 4.78 is 53.5. The highest BCUT2D eigenvalue weighted by molar-refractivity contribution is 5.89. The van der Waals surface area contributed by atoms with Crippen LogP contribution >= 0.6 is 0 Å². The summed E-state index contributed by atoms with van der Waals surface area (Å²) in [7, 11) is 0. The number of hydrogen-bond acceptors (Lipinski definition) is 4. The molecule has 2 aromatic rings. The summed E-state index contributed by atoms with van der Waals surface area (Å²) in [6.45, 7) is 3.32. The highest BCUT2D eigenvalue weighted by Gasteiger charge is 2.23. The number of carboxylic acids is 1. The van der Waals surface area contributed by atoms with Crippen LogP contribution in [0.2, 0.25) is 0 Å². The van der Waals surface area contributed by atoms with Crippen molar-refractivity contribution in [2.45, 2.75) is 64.4 Å². The molecule has 0 aliphatic heterocycles. The number of rotatable bonds is 11. The number of carboxylic acid groups (broad SMARTS) is 1. The minimum atomic E-state index is -1.62. The van der Waals surface area contributed by atoms with E-state index in [1.807, 2.05) is 0 Å². The quantitative estimate of drug-likeness (QED) is 0.318. The molecular formula is C26H30F3O4-. The third-order valence-corrected chi connectivity index (χ3v) is 6.16. The molecule has 0 aromatic heterocycles. The van der Waals surface area contributed by atoms with Crippen LogP contribution in [0.1, 0.15) is 68.6 Å². The lowest BCUT2D eigenvalue weighted by molar-refractivity contribution is -0.255. The number of halogens is 3. The van der Waals surface area contributed by atoms with Gasteiger partial charge in [0.05, 0.1) is 18.7 Å². The monoisotopic (exact) mass is 463 g/mol. The Kier molecular flexibility index (Phi) is 9.18. The van der Waals surface area contributed by atoms with Crippen LogP contribution in [0, 0.1) is 23.4 Å². The molecule has 0 amide bonds. The van der Waals surface area contributed by atoms with Gasteiger partial charge in [0.1, 0.15) is 5.75 Å². The molecule has 0 atom stereocenters. The van der Waals surface area contributed by atoms with E-state index in [1.165, 1.54) is 31.4 Å². The summed E-state index contributed by atoms with van der Waals surface area (Å²) >= 11 is 0. The first kappa shape index (κ1) is 25.1. The fourth-order valence-electron chi connectivity index (χ4n) is 4.18. The SMILES string of the molecule is CCCCCCOC1CCC(COc2ccc(C(=O)[O-])cc2-c2ccc(F)c(F)c2F)CC1. The van der Waals surface area contributed by atoms with Crippen LogP contribution < -0.4 is 9.84 Å². The second kappa shape index (κ2) is 12.1. The van der Waals surface area contributed by atoms with Gasteiger partial charge >= 0.3 is 0 Å². The zero-order valence-corrected chi connectivity index (χ0v) is 18.9. The molecule has 2 aromatic carbocycles. The molecule has 33 heavy (non-hydrogen) atoms. The Morgan fingerprint density at radius 2 is 1.73 bits per heavy atom. The fraction of sp³-hybridized carbons (Fsp3) is 0.500. The van der Waals surface area contributed by atoms with Gasteiger partial charge in [0.25, 0.3) is 0 Å². The van der Waals surface area contributed by atoms with Crippen molar-refractivity contribution in [3.8, 4) is 16.9 Å². The summed E-state index contributed by atoms with van der Waals surface area (Å²) in [5, 5.41) is 11.3. The second-order valence-corrected chi connectivity index (χ2v) is 8.61. The topological polar surface area (TPSA) is 58.6 Å². The highest BCUT2D eigenvalue weighted by atomic mass is 19.2. The van der Waals surface area contributed by atoms with E-state index in [2.05, 4.69) is 6.92 Å². The van der Waals surface area contributed by atoms with Gasteiger partial charge in [-0.2, -0.15) is 0 Å². The molecule has 1 aliphatic carbocycles. The van der Waals surface area contributed by atoms with Crippen molar-refractivity contribution in [1.82, 2.24) is 0 Å². The molecule has 0 saturated heterocycles. The van der Waals surface area contributed by atoms with Gasteiger partial charge in [-0.1, -0.05) is 26.2 Å². The van der Waals surface area contributed by atoms with Gasteiger partial charge in [-0.3, -0.25) is 0 Å². The molecular weight excluding hydrogens is 433 g/mol. The van der Waals surface area contributed by atoms with Gasteiger partial charge in [-0.15, -0.1) is 0 Å². The molecule has 7 heteroatoms. The third-order valence-electron chi connectivity index (χ3n) is 6.16. The second-order valence-electron chi connectivity index (χ2n) is 8.61. The summed E-state index contributed by atoms with van der Waals surface area (Å²) in [4.78, 5) is 11.3. The smallest absolute Gasteiger partial charge is 0.195 e. The number of ether oxygens (including phenoxy) is 2. The van der Waals surface area contributed by atoms with Crippen molar-refractivity contribution in [2.75, 3.05) is 13.2 Å². The predicted molar refractivity (Wildman–Crippen MR) is 117 cm³/mol. The van der Waals surface area contributed by atoms with E-state index in [-0.39, 0.29) is 34.5 Å². The predicted octanol–water partition coefficient (Wildman–Crippen LogP) is 5.67. The van der Waals surface area contributed by atoms with E-state index >= 15 is 0 Å². The van der Waals surface area contributed by atoms with Crippen molar-refractivity contribution in [2.24, 2.45) is 5.92 Å². The molecule has 0 heterocycles. The maximum absolute atomic E-state index is 14.4. The lowest BCUT2D eigenvalue weighted by Crippen LogP contribution is -2.25. The van der Waals surface area contributed by atoms with Crippen LogP contribution in [-0.2, 0) is 4.74 Å². The first-order valence-corrected chi connectivity index (χ1v) is 11.6. The lowest BCUT2D eigenvalue weighted by atomic mass is 9.88. The van der Waals surface area contributed by atoms with Gasteiger partial charge in [-0.25, -0.2) is 13.2 Å². The van der Waals surface area contributed by atoms with Crippen molar-refractivity contribution >= 4 is 5.97 Å². The average Bonchev–Trinajstić information content (AvgIpc) is 2.82. The van der Waals surface area contributed by atoms with E-state index < -0.39 is 23.4 Å². The summed E-state index contributed by atoms with van der Waals surface area (Å²) in [6.07, 6.45) is 8.69. The Bertz CT molecular complexity index is 939. The molecule has 1 fully saturated rings. The molecule has 1 aliphatic rings. The van der Waals surface area contributed by atoms with E-state index in [4.69, 9.17) is 9.47 Å². The van der Waals surface area contributed by atoms with Gasteiger partial charge in [0.2, 0.25) is 0 Å². The van der Waals surface area contributed by atoms with Gasteiger partial charge in [0, 0.05) is 17.7 Å². The van der Waals surface area contributed by atoms with E-state index in [0.29, 0.717) is 6.61 Å². The standard InChI is InChI=1S/C26H31F3O4/c1-2-3-4-5-14-32-19-9-6-17(7-10-19)16-33-23-13-8-18(26(30)31)15-21(23)20-11-12-22(27)25(29)24(20)28/h8,11-13,15,17,19H,2-7,9-10,14,16H2,1H3,(H,30,31)/p-1. The number of carbonyl (C=O) groups is 1. The number of aromatic carboxylic acids is 1. The molecule has 4 nitrogen and oxygen atoms in total. The maximum atomic E-state index is 14.4. The third kappa shape index (κ3) is 6.73. The zero-order chi connectivity index (χ0) is 23.8. The van der Waals surface area contributed by atoms with Crippen LogP contribution in [0.3, 0.4) is 0 Å².